The van der Waals surface area contributed by atoms with Crippen molar-refractivity contribution >= 4 is 11.6 Å². The number of aromatic nitrogens is 2. The van der Waals surface area contributed by atoms with Gasteiger partial charge in [0.2, 0.25) is 0 Å². The van der Waals surface area contributed by atoms with Crippen LogP contribution in [-0.4, -0.2) is 15.4 Å². The molecule has 0 saturated carbocycles. The summed E-state index contributed by atoms with van der Waals surface area (Å²) in [5.74, 6) is -0.570. The quantitative estimate of drug-likeness (QED) is 0.691. The van der Waals surface area contributed by atoms with Crippen molar-refractivity contribution in [1.82, 2.24) is 9.38 Å². The predicted octanol–water partition coefficient (Wildman–Crippen LogP) is 2.23. The second kappa shape index (κ2) is 6.34. The Morgan fingerprint density at radius 2 is 2.12 bits per heavy atom. The van der Waals surface area contributed by atoms with Crippen molar-refractivity contribution in [2.24, 2.45) is 0 Å². The Labute approximate surface area is 137 Å². The fraction of sp³-hybridized carbons (Fsp3) is 0.111. The van der Waals surface area contributed by atoms with Gasteiger partial charge in [-0.25, -0.2) is 9.78 Å². The first kappa shape index (κ1) is 15.4. The van der Waals surface area contributed by atoms with E-state index in [9.17, 15) is 9.59 Å². The zero-order valence-corrected chi connectivity index (χ0v) is 12.9. The van der Waals surface area contributed by atoms with E-state index >= 15 is 0 Å². The van der Waals surface area contributed by atoms with Crippen LogP contribution in [0.15, 0.2) is 53.5 Å². The molecule has 0 aliphatic heterocycles. The lowest BCUT2D eigenvalue weighted by atomic mass is 10.1. The molecule has 6 heteroatoms. The Balaban J connectivity index is 1.83. The number of aryl methyl sites for hydroxylation is 1. The number of ether oxygens (including phenoxy) is 1. The summed E-state index contributed by atoms with van der Waals surface area (Å²) >= 11 is 0. The third-order valence-electron chi connectivity index (χ3n) is 3.52. The first-order valence-corrected chi connectivity index (χ1v) is 7.23. The van der Waals surface area contributed by atoms with Crippen molar-refractivity contribution in [2.45, 2.75) is 13.5 Å². The summed E-state index contributed by atoms with van der Waals surface area (Å²) in [4.78, 5) is 28.5. The molecular formula is C18H13N3O3. The number of esters is 1. The molecular weight excluding hydrogens is 306 g/mol. The van der Waals surface area contributed by atoms with E-state index in [1.54, 1.807) is 30.5 Å². The molecule has 6 nitrogen and oxygen atoms in total. The highest BCUT2D eigenvalue weighted by Crippen LogP contribution is 2.09. The Hall–Kier alpha value is -3.46. The van der Waals surface area contributed by atoms with Gasteiger partial charge in [0.05, 0.1) is 22.9 Å². The Morgan fingerprint density at radius 3 is 2.92 bits per heavy atom. The molecule has 0 amide bonds. The van der Waals surface area contributed by atoms with Gasteiger partial charge in [0, 0.05) is 12.3 Å². The molecule has 2 heterocycles. The molecule has 0 unspecified atom stereocenters. The standard InChI is InChI=1S/C18H13N3O3/c1-12-4-3-7-21-16(22)9-15(20-17(12)21)11-24-18(23)14-6-2-5-13(8-14)10-19/h2-9H,11H2,1H3. The highest BCUT2D eigenvalue weighted by Gasteiger charge is 2.10. The molecule has 0 fully saturated rings. The molecule has 0 N–H and O–H groups in total. The number of carbonyl (C=O) groups is 1. The summed E-state index contributed by atoms with van der Waals surface area (Å²) in [6.45, 7) is 1.74. The number of hydrogen-bond acceptors (Lipinski definition) is 5. The smallest absolute Gasteiger partial charge is 0.338 e. The highest BCUT2D eigenvalue weighted by molar-refractivity contribution is 5.89. The molecule has 0 atom stereocenters. The number of benzene rings is 1. The fourth-order valence-electron chi connectivity index (χ4n) is 2.32. The van der Waals surface area contributed by atoms with Crippen LogP contribution in [0.2, 0.25) is 0 Å². The van der Waals surface area contributed by atoms with Gasteiger partial charge in [-0.1, -0.05) is 12.1 Å². The first-order valence-electron chi connectivity index (χ1n) is 7.23. The Kier molecular flexibility index (Phi) is 4.08. The monoisotopic (exact) mass is 319 g/mol. The Morgan fingerprint density at radius 1 is 1.29 bits per heavy atom. The van der Waals surface area contributed by atoms with Crippen LogP contribution in [-0.2, 0) is 11.3 Å². The number of fused-ring (bicyclic) bond motifs is 1. The molecule has 0 aliphatic rings. The molecule has 0 bridgehead atoms. The molecule has 118 valence electrons. The highest BCUT2D eigenvalue weighted by atomic mass is 16.5. The van der Waals surface area contributed by atoms with E-state index < -0.39 is 5.97 Å². The van der Waals surface area contributed by atoms with Crippen LogP contribution in [0.1, 0.15) is 27.2 Å². The largest absolute Gasteiger partial charge is 0.456 e. The number of carbonyl (C=O) groups excluding carboxylic acids is 1. The van der Waals surface area contributed by atoms with Crippen molar-refractivity contribution in [2.75, 3.05) is 0 Å². The second-order valence-corrected chi connectivity index (χ2v) is 5.24. The maximum Gasteiger partial charge on any atom is 0.338 e. The van der Waals surface area contributed by atoms with E-state index in [1.165, 1.54) is 16.5 Å². The molecule has 1 aromatic carbocycles. The van der Waals surface area contributed by atoms with Gasteiger partial charge in [-0.05, 0) is 36.8 Å². The summed E-state index contributed by atoms with van der Waals surface area (Å²) in [7, 11) is 0. The minimum absolute atomic E-state index is 0.115. The van der Waals surface area contributed by atoms with Crippen LogP contribution in [0.25, 0.3) is 5.65 Å². The number of hydrogen-bond donors (Lipinski definition) is 0. The van der Waals surface area contributed by atoms with Gasteiger partial charge in [-0.3, -0.25) is 9.20 Å². The van der Waals surface area contributed by atoms with Crippen molar-refractivity contribution < 1.29 is 9.53 Å². The first-order chi connectivity index (χ1) is 11.6. The average molecular weight is 319 g/mol. The van der Waals surface area contributed by atoms with Crippen LogP contribution in [0.3, 0.4) is 0 Å². The van der Waals surface area contributed by atoms with E-state index in [4.69, 9.17) is 10.00 Å². The van der Waals surface area contributed by atoms with E-state index in [0.717, 1.165) is 5.56 Å². The fourth-order valence-corrected chi connectivity index (χ4v) is 2.32. The lowest BCUT2D eigenvalue weighted by molar-refractivity contribution is 0.0467. The number of nitriles is 1. The van der Waals surface area contributed by atoms with Crippen LogP contribution in [0, 0.1) is 18.3 Å². The van der Waals surface area contributed by atoms with Gasteiger partial charge < -0.3 is 4.74 Å². The van der Waals surface area contributed by atoms with E-state index in [2.05, 4.69) is 4.98 Å². The lowest BCUT2D eigenvalue weighted by Crippen LogP contribution is -2.17. The van der Waals surface area contributed by atoms with Crippen LogP contribution in [0.5, 0.6) is 0 Å². The third-order valence-corrected chi connectivity index (χ3v) is 3.52. The molecule has 24 heavy (non-hydrogen) atoms. The topological polar surface area (TPSA) is 84.5 Å². The zero-order chi connectivity index (χ0) is 17.1. The normalized spacial score (nSPS) is 10.3. The van der Waals surface area contributed by atoms with Gasteiger partial charge in [0.25, 0.3) is 5.56 Å². The van der Waals surface area contributed by atoms with Gasteiger partial charge in [0.15, 0.2) is 0 Å². The van der Waals surface area contributed by atoms with Crippen LogP contribution < -0.4 is 5.56 Å². The molecule has 0 saturated heterocycles. The zero-order valence-electron chi connectivity index (χ0n) is 12.9. The van der Waals surface area contributed by atoms with Crippen LogP contribution >= 0.6 is 0 Å². The van der Waals surface area contributed by atoms with Crippen molar-refractivity contribution in [3.8, 4) is 6.07 Å². The van der Waals surface area contributed by atoms with Crippen molar-refractivity contribution in [3.63, 3.8) is 0 Å². The number of rotatable bonds is 3. The maximum absolute atomic E-state index is 12.1. The summed E-state index contributed by atoms with van der Waals surface area (Å²) in [6.07, 6.45) is 1.64. The van der Waals surface area contributed by atoms with Gasteiger partial charge >= 0.3 is 5.97 Å². The predicted molar refractivity (Wildman–Crippen MR) is 86.5 cm³/mol. The van der Waals surface area contributed by atoms with E-state index in [0.29, 0.717) is 16.9 Å². The second-order valence-electron chi connectivity index (χ2n) is 5.24. The molecule has 0 aliphatic carbocycles. The van der Waals surface area contributed by atoms with E-state index in [1.807, 2.05) is 19.1 Å². The van der Waals surface area contributed by atoms with Crippen LogP contribution in [0.4, 0.5) is 0 Å². The average Bonchev–Trinajstić information content (AvgIpc) is 2.60. The minimum atomic E-state index is -0.570. The molecule has 2 aromatic heterocycles. The third kappa shape index (κ3) is 3.01. The summed E-state index contributed by atoms with van der Waals surface area (Å²) in [6, 6.07) is 13.2. The summed E-state index contributed by atoms with van der Waals surface area (Å²) < 4.78 is 6.64. The molecule has 0 spiro atoms. The lowest BCUT2D eigenvalue weighted by Gasteiger charge is -2.07. The molecule has 3 aromatic rings. The number of pyridine rings is 1. The van der Waals surface area contributed by atoms with Crippen molar-refractivity contribution in [1.29, 1.82) is 5.26 Å². The molecule has 0 radical (unpaired) electrons. The summed E-state index contributed by atoms with van der Waals surface area (Å²) in [5, 5.41) is 8.86. The van der Waals surface area contributed by atoms with Gasteiger partial charge in [0.1, 0.15) is 12.3 Å². The minimum Gasteiger partial charge on any atom is -0.456 e. The van der Waals surface area contributed by atoms with Gasteiger partial charge in [-0.15, -0.1) is 0 Å². The SMILES string of the molecule is Cc1cccn2c(=O)cc(COC(=O)c3cccc(C#N)c3)nc12. The van der Waals surface area contributed by atoms with Crippen molar-refractivity contribution in [3.05, 3.63) is 81.4 Å². The summed E-state index contributed by atoms with van der Waals surface area (Å²) in [5.41, 5.74) is 2.18. The number of nitrogens with zero attached hydrogens (tertiary/aromatic N) is 3. The Bertz CT molecular complexity index is 1030. The van der Waals surface area contributed by atoms with Gasteiger partial charge in [-0.2, -0.15) is 5.26 Å². The van der Waals surface area contributed by atoms with E-state index in [-0.39, 0.29) is 17.7 Å². The maximum atomic E-state index is 12.1. The molecule has 3 rings (SSSR count).